The number of aromatic nitrogens is 1. The Morgan fingerprint density at radius 2 is 2.20 bits per heavy atom. The first-order valence-electron chi connectivity index (χ1n) is 6.44. The maximum atomic E-state index is 12.3. The van der Waals surface area contributed by atoms with Gasteiger partial charge in [0.2, 0.25) is 5.88 Å². The van der Waals surface area contributed by atoms with Crippen LogP contribution >= 0.6 is 0 Å². The number of carbonyl (C=O) groups excluding carboxylic acids is 1. The largest absolute Gasteiger partial charge is 0.481 e. The molecule has 1 aromatic heterocycles. The molecule has 3 aliphatic carbocycles. The van der Waals surface area contributed by atoms with E-state index in [1.807, 2.05) is 12.2 Å². The normalized spacial score (nSPS) is 17.9. The zero-order valence-corrected chi connectivity index (χ0v) is 10.9. The second kappa shape index (κ2) is 3.93. The SMILES string of the molecule is COc1ccc(NC(=O)C2=C3C=C4CC4=C3C=C2)cn1. The van der Waals surface area contributed by atoms with Gasteiger partial charge in [-0.25, -0.2) is 4.98 Å². The zero-order valence-electron chi connectivity index (χ0n) is 10.9. The number of methoxy groups -OCH3 is 1. The highest BCUT2D eigenvalue weighted by molar-refractivity contribution is 6.09. The number of fused-ring (bicyclic) bond motifs is 2. The molecule has 0 atom stereocenters. The molecule has 0 unspecified atom stereocenters. The molecule has 1 fully saturated rings. The van der Waals surface area contributed by atoms with Gasteiger partial charge in [0.25, 0.3) is 5.91 Å². The summed E-state index contributed by atoms with van der Waals surface area (Å²) < 4.78 is 4.99. The van der Waals surface area contributed by atoms with Crippen LogP contribution in [0.25, 0.3) is 0 Å². The molecule has 1 saturated carbocycles. The molecule has 0 radical (unpaired) electrons. The van der Waals surface area contributed by atoms with E-state index in [0.29, 0.717) is 11.6 Å². The lowest BCUT2D eigenvalue weighted by molar-refractivity contribution is -0.112. The van der Waals surface area contributed by atoms with Crippen LogP contribution in [0.2, 0.25) is 0 Å². The topological polar surface area (TPSA) is 51.2 Å². The van der Waals surface area contributed by atoms with Crippen LogP contribution in [-0.2, 0) is 4.79 Å². The van der Waals surface area contributed by atoms with Crippen LogP contribution in [0.4, 0.5) is 5.69 Å². The molecule has 0 aromatic carbocycles. The molecule has 98 valence electrons. The van der Waals surface area contributed by atoms with Crippen molar-refractivity contribution in [1.82, 2.24) is 4.98 Å². The molecule has 4 nitrogen and oxygen atoms in total. The van der Waals surface area contributed by atoms with E-state index in [-0.39, 0.29) is 5.91 Å². The van der Waals surface area contributed by atoms with Crippen molar-refractivity contribution < 1.29 is 9.53 Å². The van der Waals surface area contributed by atoms with Crippen LogP contribution in [0.5, 0.6) is 5.88 Å². The predicted octanol–water partition coefficient (Wildman–Crippen LogP) is 2.54. The van der Waals surface area contributed by atoms with Gasteiger partial charge in [0.1, 0.15) is 0 Å². The standard InChI is InChI=1S/C16H12N2O2/c1-20-15-5-2-10(8-17-15)18-16(19)12-4-3-11-13-6-9(13)7-14(11)12/h2-5,7-8H,6H2,1H3,(H,18,19). The van der Waals surface area contributed by atoms with E-state index in [4.69, 9.17) is 4.74 Å². The molecule has 0 saturated heterocycles. The molecule has 0 aliphatic heterocycles. The molecule has 1 N–H and O–H groups in total. The van der Waals surface area contributed by atoms with Gasteiger partial charge < -0.3 is 10.1 Å². The molecule has 0 bridgehead atoms. The number of allylic oxidation sites excluding steroid dienone is 6. The number of ether oxygens (including phenoxy) is 1. The van der Waals surface area contributed by atoms with Gasteiger partial charge in [-0.3, -0.25) is 4.79 Å². The third kappa shape index (κ3) is 1.61. The fraction of sp³-hybridized carbons (Fsp3) is 0.125. The van der Waals surface area contributed by atoms with Crippen molar-refractivity contribution in [3.63, 3.8) is 0 Å². The number of nitrogens with one attached hydrogen (secondary N) is 1. The van der Waals surface area contributed by atoms with Crippen LogP contribution in [0, 0.1) is 0 Å². The Kier molecular flexibility index (Phi) is 2.21. The third-order valence-electron chi connectivity index (χ3n) is 3.72. The number of nitrogens with zero attached hydrogens (tertiary/aromatic N) is 1. The van der Waals surface area contributed by atoms with Crippen LogP contribution in [0.15, 0.2) is 64.4 Å². The van der Waals surface area contributed by atoms with Crippen LogP contribution in [-0.4, -0.2) is 18.0 Å². The number of amides is 1. The Morgan fingerprint density at radius 1 is 1.30 bits per heavy atom. The highest BCUT2D eigenvalue weighted by Crippen LogP contribution is 2.51. The van der Waals surface area contributed by atoms with E-state index < -0.39 is 0 Å². The molecule has 4 heteroatoms. The molecule has 20 heavy (non-hydrogen) atoms. The fourth-order valence-electron chi connectivity index (χ4n) is 2.61. The highest BCUT2D eigenvalue weighted by atomic mass is 16.5. The minimum Gasteiger partial charge on any atom is -0.481 e. The van der Waals surface area contributed by atoms with Crippen molar-refractivity contribution in [1.29, 1.82) is 0 Å². The molecule has 1 aromatic rings. The molecule has 1 amide bonds. The first kappa shape index (κ1) is 11.2. The van der Waals surface area contributed by atoms with Gasteiger partial charge in [-0.2, -0.15) is 0 Å². The van der Waals surface area contributed by atoms with Crippen molar-refractivity contribution in [2.24, 2.45) is 0 Å². The summed E-state index contributed by atoms with van der Waals surface area (Å²) in [5.74, 6) is 0.426. The highest BCUT2D eigenvalue weighted by Gasteiger charge is 2.35. The molecule has 0 spiro atoms. The Hall–Kier alpha value is -2.62. The van der Waals surface area contributed by atoms with Crippen molar-refractivity contribution in [3.05, 3.63) is 64.4 Å². The van der Waals surface area contributed by atoms with Gasteiger partial charge in [-0.15, -0.1) is 0 Å². The van der Waals surface area contributed by atoms with Gasteiger partial charge in [0, 0.05) is 11.6 Å². The zero-order chi connectivity index (χ0) is 13.7. The maximum absolute atomic E-state index is 12.3. The van der Waals surface area contributed by atoms with Crippen molar-refractivity contribution in [3.8, 4) is 5.88 Å². The number of rotatable bonds is 3. The summed E-state index contributed by atoms with van der Waals surface area (Å²) in [6.07, 6.45) is 8.70. The molecule has 1 heterocycles. The van der Waals surface area contributed by atoms with Crippen molar-refractivity contribution in [2.45, 2.75) is 6.42 Å². The first-order chi connectivity index (χ1) is 9.76. The summed E-state index contributed by atoms with van der Waals surface area (Å²) in [6.45, 7) is 0. The van der Waals surface area contributed by atoms with Crippen molar-refractivity contribution in [2.75, 3.05) is 12.4 Å². The molecular formula is C16H12N2O2. The lowest BCUT2D eigenvalue weighted by atomic mass is 10.1. The van der Waals surface area contributed by atoms with Gasteiger partial charge >= 0.3 is 0 Å². The van der Waals surface area contributed by atoms with Crippen LogP contribution < -0.4 is 10.1 Å². The fourth-order valence-corrected chi connectivity index (χ4v) is 2.61. The van der Waals surface area contributed by atoms with Gasteiger partial charge in [-0.05, 0) is 46.9 Å². The third-order valence-corrected chi connectivity index (χ3v) is 3.72. The summed E-state index contributed by atoms with van der Waals surface area (Å²) in [7, 11) is 1.56. The number of hydrogen-bond donors (Lipinski definition) is 1. The second-order valence-corrected chi connectivity index (χ2v) is 4.94. The Labute approximate surface area is 116 Å². The monoisotopic (exact) mass is 264 g/mol. The van der Waals surface area contributed by atoms with Gasteiger partial charge in [0.15, 0.2) is 0 Å². The van der Waals surface area contributed by atoms with Gasteiger partial charge in [-0.1, -0.05) is 6.08 Å². The number of carbonyl (C=O) groups is 1. The quantitative estimate of drug-likeness (QED) is 0.912. The minimum atomic E-state index is -0.100. The van der Waals surface area contributed by atoms with Crippen LogP contribution in [0.3, 0.4) is 0 Å². The van der Waals surface area contributed by atoms with E-state index in [1.165, 1.54) is 16.7 Å². The van der Waals surface area contributed by atoms with E-state index in [9.17, 15) is 4.79 Å². The number of hydrogen-bond acceptors (Lipinski definition) is 3. The average Bonchev–Trinajstić information content (AvgIpc) is 2.95. The summed E-state index contributed by atoms with van der Waals surface area (Å²) in [4.78, 5) is 16.4. The summed E-state index contributed by atoms with van der Waals surface area (Å²) in [5.41, 5.74) is 6.43. The Morgan fingerprint density at radius 3 is 2.95 bits per heavy atom. The summed E-state index contributed by atoms with van der Waals surface area (Å²) in [6, 6.07) is 3.50. The maximum Gasteiger partial charge on any atom is 0.256 e. The molecule has 3 aliphatic rings. The van der Waals surface area contributed by atoms with Crippen molar-refractivity contribution >= 4 is 11.6 Å². The smallest absolute Gasteiger partial charge is 0.256 e. The first-order valence-corrected chi connectivity index (χ1v) is 6.44. The lowest BCUT2D eigenvalue weighted by Crippen LogP contribution is -2.13. The number of anilines is 1. The number of pyridine rings is 1. The summed E-state index contributed by atoms with van der Waals surface area (Å²) in [5, 5.41) is 2.86. The van der Waals surface area contributed by atoms with E-state index in [2.05, 4.69) is 16.4 Å². The average molecular weight is 264 g/mol. The van der Waals surface area contributed by atoms with E-state index in [1.54, 1.807) is 25.4 Å². The lowest BCUT2D eigenvalue weighted by Gasteiger charge is -2.06. The van der Waals surface area contributed by atoms with Gasteiger partial charge in [0.05, 0.1) is 19.0 Å². The summed E-state index contributed by atoms with van der Waals surface area (Å²) >= 11 is 0. The minimum absolute atomic E-state index is 0.100. The Bertz CT molecular complexity index is 749. The van der Waals surface area contributed by atoms with Crippen LogP contribution in [0.1, 0.15) is 6.42 Å². The Balaban J connectivity index is 1.57. The predicted molar refractivity (Wildman–Crippen MR) is 75.3 cm³/mol. The van der Waals surface area contributed by atoms with E-state index in [0.717, 1.165) is 17.6 Å². The molecule has 4 rings (SSSR count). The second-order valence-electron chi connectivity index (χ2n) is 4.94. The van der Waals surface area contributed by atoms with E-state index >= 15 is 0 Å². The molecular weight excluding hydrogens is 252 g/mol.